The minimum atomic E-state index is -0.296. The second kappa shape index (κ2) is 5.57. The number of rotatable bonds is 2. The Bertz CT molecular complexity index is 731. The van der Waals surface area contributed by atoms with Crippen LogP contribution in [-0.4, -0.2) is 18.4 Å². The van der Waals surface area contributed by atoms with Crippen LogP contribution in [0.2, 0.25) is 0 Å². The van der Waals surface area contributed by atoms with Gasteiger partial charge in [-0.15, -0.1) is 0 Å². The third kappa shape index (κ3) is 2.75. The summed E-state index contributed by atoms with van der Waals surface area (Å²) in [4.78, 5) is 23.7. The number of carbonyl (C=O) groups excluding carboxylic acids is 2. The first-order valence-corrected chi connectivity index (χ1v) is 7.06. The van der Waals surface area contributed by atoms with Crippen LogP contribution in [0.3, 0.4) is 0 Å². The van der Waals surface area contributed by atoms with Gasteiger partial charge < -0.3 is 15.4 Å². The van der Waals surface area contributed by atoms with Gasteiger partial charge in [-0.25, -0.2) is 0 Å². The highest BCUT2D eigenvalue weighted by atomic mass is 79.9. The molecule has 21 heavy (non-hydrogen) atoms. The van der Waals surface area contributed by atoms with Crippen LogP contribution in [0, 0.1) is 0 Å². The Labute approximate surface area is 129 Å². The molecule has 0 saturated heterocycles. The first-order chi connectivity index (χ1) is 10.1. The van der Waals surface area contributed by atoms with E-state index in [1.807, 2.05) is 18.2 Å². The van der Waals surface area contributed by atoms with Gasteiger partial charge in [0, 0.05) is 4.47 Å². The summed E-state index contributed by atoms with van der Waals surface area (Å²) in [5.74, 6) is -0.137. The molecule has 1 aliphatic rings. The van der Waals surface area contributed by atoms with Crippen molar-refractivity contribution < 1.29 is 14.3 Å². The molecule has 1 aliphatic heterocycles. The maximum atomic E-state index is 12.4. The Kier molecular flexibility index (Phi) is 3.62. The molecule has 2 aromatic rings. The van der Waals surface area contributed by atoms with Crippen LogP contribution in [0.15, 0.2) is 46.9 Å². The molecule has 6 heteroatoms. The van der Waals surface area contributed by atoms with Gasteiger partial charge in [0.2, 0.25) is 0 Å². The number of amides is 2. The summed E-state index contributed by atoms with van der Waals surface area (Å²) in [7, 11) is 0. The Hall–Kier alpha value is -2.34. The molecule has 2 amide bonds. The van der Waals surface area contributed by atoms with Crippen molar-refractivity contribution in [1.29, 1.82) is 0 Å². The van der Waals surface area contributed by atoms with E-state index in [0.29, 0.717) is 22.7 Å². The standard InChI is InChI=1S/C15H11BrN2O3/c16-10-5-1-2-6-11(10)18-15(20)9-4-3-7-12-14(9)21-8-13(19)17-12/h1-7H,8H2,(H,17,19)(H,18,20). The monoisotopic (exact) mass is 346 g/mol. The summed E-state index contributed by atoms with van der Waals surface area (Å²) in [5.41, 5.74) is 1.55. The van der Waals surface area contributed by atoms with Crippen LogP contribution in [0.4, 0.5) is 11.4 Å². The Morgan fingerprint density at radius 3 is 2.81 bits per heavy atom. The Morgan fingerprint density at radius 1 is 1.19 bits per heavy atom. The Morgan fingerprint density at radius 2 is 2.00 bits per heavy atom. The zero-order chi connectivity index (χ0) is 14.8. The molecule has 0 aromatic heterocycles. The lowest BCUT2D eigenvalue weighted by Crippen LogP contribution is -2.27. The van der Waals surface area contributed by atoms with Crippen LogP contribution in [0.5, 0.6) is 5.75 Å². The number of halogens is 1. The minimum absolute atomic E-state index is 0.0909. The average molecular weight is 347 g/mol. The van der Waals surface area contributed by atoms with Gasteiger partial charge in [0.25, 0.3) is 11.8 Å². The number of anilines is 2. The van der Waals surface area contributed by atoms with Crippen molar-refractivity contribution in [3.8, 4) is 5.75 Å². The second-order valence-corrected chi connectivity index (χ2v) is 5.31. The summed E-state index contributed by atoms with van der Waals surface area (Å²) in [6.45, 7) is -0.0909. The molecule has 0 fully saturated rings. The number of para-hydroxylation sites is 2. The number of carbonyl (C=O) groups is 2. The van der Waals surface area contributed by atoms with Crippen LogP contribution >= 0.6 is 15.9 Å². The maximum Gasteiger partial charge on any atom is 0.262 e. The normalized spacial score (nSPS) is 12.9. The fraction of sp³-hybridized carbons (Fsp3) is 0.0667. The van der Waals surface area contributed by atoms with E-state index < -0.39 is 0 Å². The first kappa shape index (κ1) is 13.6. The molecule has 3 rings (SSSR count). The predicted octanol–water partition coefficient (Wildman–Crippen LogP) is 3.03. The molecule has 0 bridgehead atoms. The number of benzene rings is 2. The van der Waals surface area contributed by atoms with Crippen molar-refractivity contribution in [2.75, 3.05) is 17.2 Å². The lowest BCUT2D eigenvalue weighted by molar-refractivity contribution is -0.118. The predicted molar refractivity (Wildman–Crippen MR) is 82.7 cm³/mol. The zero-order valence-electron chi connectivity index (χ0n) is 10.9. The quantitative estimate of drug-likeness (QED) is 0.878. The molecule has 1 heterocycles. The van der Waals surface area contributed by atoms with Gasteiger partial charge >= 0.3 is 0 Å². The molecule has 0 unspecified atom stereocenters. The fourth-order valence-electron chi connectivity index (χ4n) is 2.05. The number of nitrogens with one attached hydrogen (secondary N) is 2. The molecule has 0 aliphatic carbocycles. The lowest BCUT2D eigenvalue weighted by atomic mass is 10.1. The van der Waals surface area contributed by atoms with Gasteiger partial charge in [-0.3, -0.25) is 9.59 Å². The molecule has 2 N–H and O–H groups in total. The van der Waals surface area contributed by atoms with E-state index in [-0.39, 0.29) is 18.4 Å². The highest BCUT2D eigenvalue weighted by Gasteiger charge is 2.22. The molecule has 0 atom stereocenters. The zero-order valence-corrected chi connectivity index (χ0v) is 12.4. The average Bonchev–Trinajstić information content (AvgIpc) is 2.48. The topological polar surface area (TPSA) is 67.4 Å². The van der Waals surface area contributed by atoms with Crippen molar-refractivity contribution in [2.24, 2.45) is 0 Å². The smallest absolute Gasteiger partial charge is 0.262 e. The Balaban J connectivity index is 1.91. The largest absolute Gasteiger partial charge is 0.481 e. The van der Waals surface area contributed by atoms with Gasteiger partial charge in [-0.2, -0.15) is 0 Å². The molecule has 0 radical (unpaired) electrons. The SMILES string of the molecule is O=C1COc2c(cccc2C(=O)Nc2ccccc2Br)N1. The molecule has 2 aromatic carbocycles. The summed E-state index contributed by atoms with van der Waals surface area (Å²) < 4.78 is 6.16. The van der Waals surface area contributed by atoms with Crippen LogP contribution in [-0.2, 0) is 4.79 Å². The number of hydrogen-bond acceptors (Lipinski definition) is 3. The molecule has 0 saturated carbocycles. The van der Waals surface area contributed by atoms with Gasteiger partial charge in [-0.05, 0) is 40.2 Å². The third-order valence-electron chi connectivity index (χ3n) is 3.00. The van der Waals surface area contributed by atoms with Gasteiger partial charge in [0.05, 0.1) is 16.9 Å². The number of hydrogen-bond donors (Lipinski definition) is 2. The van der Waals surface area contributed by atoms with Gasteiger partial charge in [-0.1, -0.05) is 18.2 Å². The van der Waals surface area contributed by atoms with E-state index >= 15 is 0 Å². The second-order valence-electron chi connectivity index (χ2n) is 4.45. The van der Waals surface area contributed by atoms with Crippen molar-refractivity contribution in [3.63, 3.8) is 0 Å². The highest BCUT2D eigenvalue weighted by Crippen LogP contribution is 2.32. The van der Waals surface area contributed by atoms with Crippen molar-refractivity contribution >= 4 is 39.1 Å². The first-order valence-electron chi connectivity index (χ1n) is 6.26. The molecule has 0 spiro atoms. The van der Waals surface area contributed by atoms with Gasteiger partial charge in [0.15, 0.2) is 12.4 Å². The summed E-state index contributed by atoms with van der Waals surface area (Å²) >= 11 is 3.38. The third-order valence-corrected chi connectivity index (χ3v) is 3.69. The van der Waals surface area contributed by atoms with E-state index in [1.54, 1.807) is 24.3 Å². The van der Waals surface area contributed by atoms with Crippen molar-refractivity contribution in [3.05, 3.63) is 52.5 Å². The van der Waals surface area contributed by atoms with Crippen molar-refractivity contribution in [1.82, 2.24) is 0 Å². The fourth-order valence-corrected chi connectivity index (χ4v) is 2.43. The lowest BCUT2D eigenvalue weighted by Gasteiger charge is -2.20. The van der Waals surface area contributed by atoms with Crippen LogP contribution in [0.25, 0.3) is 0 Å². The summed E-state index contributed by atoms with van der Waals surface area (Å²) in [6, 6.07) is 12.4. The van der Waals surface area contributed by atoms with E-state index in [9.17, 15) is 9.59 Å². The summed E-state index contributed by atoms with van der Waals surface area (Å²) in [5, 5.41) is 5.49. The van der Waals surface area contributed by atoms with E-state index in [2.05, 4.69) is 26.6 Å². The number of fused-ring (bicyclic) bond motifs is 1. The number of ether oxygens (including phenoxy) is 1. The van der Waals surface area contributed by atoms with E-state index in [0.717, 1.165) is 4.47 Å². The molecule has 5 nitrogen and oxygen atoms in total. The maximum absolute atomic E-state index is 12.4. The van der Waals surface area contributed by atoms with E-state index in [4.69, 9.17) is 4.74 Å². The molecular formula is C15H11BrN2O3. The van der Waals surface area contributed by atoms with Crippen molar-refractivity contribution in [2.45, 2.75) is 0 Å². The molecule has 106 valence electrons. The van der Waals surface area contributed by atoms with Gasteiger partial charge in [0.1, 0.15) is 0 Å². The van der Waals surface area contributed by atoms with Crippen LogP contribution in [0.1, 0.15) is 10.4 Å². The van der Waals surface area contributed by atoms with E-state index in [1.165, 1.54) is 0 Å². The summed E-state index contributed by atoms with van der Waals surface area (Å²) in [6.07, 6.45) is 0. The molecular weight excluding hydrogens is 336 g/mol. The minimum Gasteiger partial charge on any atom is -0.481 e. The highest BCUT2D eigenvalue weighted by molar-refractivity contribution is 9.10. The van der Waals surface area contributed by atoms with Crippen LogP contribution < -0.4 is 15.4 Å².